The molecule has 0 saturated carbocycles. The van der Waals surface area contributed by atoms with Crippen LogP contribution in [0.3, 0.4) is 0 Å². The van der Waals surface area contributed by atoms with Crippen molar-refractivity contribution in [1.82, 2.24) is 9.88 Å². The van der Waals surface area contributed by atoms with Crippen molar-refractivity contribution in [3.63, 3.8) is 0 Å². The first-order valence-corrected chi connectivity index (χ1v) is 5.48. The first-order valence-electron chi connectivity index (χ1n) is 5.48. The molecule has 0 spiro atoms. The number of esters is 1. The topological polar surface area (TPSA) is 59.5 Å². The maximum atomic E-state index is 12.6. The lowest BCUT2D eigenvalue weighted by atomic mass is 10.2. The Bertz CT molecular complexity index is 420. The second-order valence-corrected chi connectivity index (χ2v) is 3.77. The molecule has 0 aromatic carbocycles. The maximum Gasteiger partial charge on any atom is 0.305 e. The van der Waals surface area contributed by atoms with Crippen LogP contribution >= 0.6 is 0 Å². The van der Waals surface area contributed by atoms with E-state index >= 15 is 0 Å². The number of amides is 1. The monoisotopic (exact) mass is 254 g/mol. The highest BCUT2D eigenvalue weighted by atomic mass is 19.1. The van der Waals surface area contributed by atoms with Gasteiger partial charge in [-0.15, -0.1) is 0 Å². The zero-order chi connectivity index (χ0) is 13.5. The Morgan fingerprint density at radius 3 is 2.72 bits per heavy atom. The fourth-order valence-corrected chi connectivity index (χ4v) is 1.36. The van der Waals surface area contributed by atoms with Gasteiger partial charge in [0.15, 0.2) is 0 Å². The normalized spacial score (nSPS) is 9.94. The number of carbonyl (C=O) groups is 2. The van der Waals surface area contributed by atoms with Gasteiger partial charge in [0.05, 0.1) is 13.3 Å². The zero-order valence-electron chi connectivity index (χ0n) is 10.4. The van der Waals surface area contributed by atoms with Gasteiger partial charge in [0.2, 0.25) is 0 Å². The molecule has 1 aromatic heterocycles. The molecule has 0 aliphatic rings. The summed E-state index contributed by atoms with van der Waals surface area (Å²) in [5.41, 5.74) is 0.178. The summed E-state index contributed by atoms with van der Waals surface area (Å²) in [7, 11) is 2.92. The number of nitrogens with zero attached hydrogens (tertiary/aromatic N) is 2. The highest BCUT2D eigenvalue weighted by Crippen LogP contribution is 2.03. The largest absolute Gasteiger partial charge is 0.469 e. The van der Waals surface area contributed by atoms with Crippen LogP contribution in [0, 0.1) is 5.82 Å². The van der Waals surface area contributed by atoms with E-state index in [4.69, 9.17) is 0 Å². The van der Waals surface area contributed by atoms with Crippen LogP contribution in [-0.2, 0) is 9.53 Å². The van der Waals surface area contributed by atoms with E-state index in [0.29, 0.717) is 13.0 Å². The van der Waals surface area contributed by atoms with Gasteiger partial charge in [0, 0.05) is 20.0 Å². The van der Waals surface area contributed by atoms with Crippen LogP contribution in [0.1, 0.15) is 23.3 Å². The summed E-state index contributed by atoms with van der Waals surface area (Å²) in [5, 5.41) is 0. The molecule has 5 nitrogen and oxygen atoms in total. The van der Waals surface area contributed by atoms with E-state index in [9.17, 15) is 14.0 Å². The summed E-state index contributed by atoms with van der Waals surface area (Å²) in [5.74, 6) is -1.10. The molecular weight excluding hydrogens is 239 g/mol. The lowest BCUT2D eigenvalue weighted by Crippen LogP contribution is -2.28. The molecule has 0 aliphatic carbocycles. The molecular formula is C12H15FN2O3. The highest BCUT2D eigenvalue weighted by molar-refractivity contribution is 5.92. The minimum Gasteiger partial charge on any atom is -0.469 e. The van der Waals surface area contributed by atoms with Gasteiger partial charge in [0.1, 0.15) is 11.5 Å². The Balaban J connectivity index is 2.46. The smallest absolute Gasteiger partial charge is 0.305 e. The molecule has 1 heterocycles. The highest BCUT2D eigenvalue weighted by Gasteiger charge is 2.13. The van der Waals surface area contributed by atoms with Gasteiger partial charge in [-0.3, -0.25) is 9.59 Å². The number of aromatic nitrogens is 1. The third-order valence-electron chi connectivity index (χ3n) is 2.40. The van der Waals surface area contributed by atoms with Crippen molar-refractivity contribution in [2.24, 2.45) is 0 Å². The summed E-state index contributed by atoms with van der Waals surface area (Å²) >= 11 is 0. The van der Waals surface area contributed by atoms with Crippen molar-refractivity contribution in [2.75, 3.05) is 20.7 Å². The fraction of sp³-hybridized carbons (Fsp3) is 0.417. The molecule has 1 amide bonds. The van der Waals surface area contributed by atoms with Crippen molar-refractivity contribution in [1.29, 1.82) is 0 Å². The number of hydrogen-bond donors (Lipinski definition) is 0. The number of methoxy groups -OCH3 is 1. The predicted molar refractivity (Wildman–Crippen MR) is 62.4 cm³/mol. The van der Waals surface area contributed by atoms with Crippen molar-refractivity contribution >= 4 is 11.9 Å². The minimum atomic E-state index is -0.486. The van der Waals surface area contributed by atoms with Crippen LogP contribution in [0.4, 0.5) is 4.39 Å². The number of carbonyl (C=O) groups excluding carboxylic acids is 2. The van der Waals surface area contributed by atoms with Crippen molar-refractivity contribution in [3.8, 4) is 0 Å². The number of pyridine rings is 1. The third-order valence-corrected chi connectivity index (χ3v) is 2.40. The lowest BCUT2D eigenvalue weighted by molar-refractivity contribution is -0.140. The summed E-state index contributed by atoms with van der Waals surface area (Å²) in [6, 6.07) is 2.51. The molecule has 0 fully saturated rings. The maximum absolute atomic E-state index is 12.6. The molecule has 98 valence electrons. The Morgan fingerprint density at radius 1 is 1.44 bits per heavy atom. The summed E-state index contributed by atoms with van der Waals surface area (Å²) in [6.45, 7) is 0.410. The molecule has 1 rings (SSSR count). The molecule has 18 heavy (non-hydrogen) atoms. The van der Waals surface area contributed by atoms with Gasteiger partial charge in [-0.05, 0) is 18.6 Å². The van der Waals surface area contributed by atoms with Gasteiger partial charge < -0.3 is 9.64 Å². The molecule has 0 aliphatic heterocycles. The minimum absolute atomic E-state index is 0.178. The molecule has 0 atom stereocenters. The van der Waals surface area contributed by atoms with E-state index in [1.165, 1.54) is 24.1 Å². The molecule has 1 aromatic rings. The van der Waals surface area contributed by atoms with Gasteiger partial charge >= 0.3 is 5.97 Å². The van der Waals surface area contributed by atoms with E-state index in [0.717, 1.165) is 6.20 Å². The Kier molecular flexibility index (Phi) is 5.23. The third kappa shape index (κ3) is 4.12. The van der Waals surface area contributed by atoms with Gasteiger partial charge in [0.25, 0.3) is 5.91 Å². The van der Waals surface area contributed by atoms with E-state index < -0.39 is 5.82 Å². The molecule has 6 heteroatoms. The SMILES string of the molecule is COC(=O)CCCN(C)C(=O)c1ccc(F)cn1. The van der Waals surface area contributed by atoms with Gasteiger partial charge in [-0.1, -0.05) is 0 Å². The molecule has 0 unspecified atom stereocenters. The van der Waals surface area contributed by atoms with Crippen LogP contribution in [0.2, 0.25) is 0 Å². The molecule has 0 radical (unpaired) electrons. The zero-order valence-corrected chi connectivity index (χ0v) is 10.4. The average Bonchev–Trinajstić information content (AvgIpc) is 2.38. The van der Waals surface area contributed by atoms with Crippen molar-refractivity contribution < 1.29 is 18.7 Å². The summed E-state index contributed by atoms with van der Waals surface area (Å²) in [6.07, 6.45) is 1.76. The van der Waals surface area contributed by atoms with Crippen LogP contribution in [0.25, 0.3) is 0 Å². The first kappa shape index (κ1) is 14.1. The van der Waals surface area contributed by atoms with Crippen molar-refractivity contribution in [3.05, 3.63) is 29.8 Å². The second kappa shape index (κ2) is 6.68. The number of rotatable bonds is 5. The van der Waals surface area contributed by atoms with Crippen molar-refractivity contribution in [2.45, 2.75) is 12.8 Å². The van der Waals surface area contributed by atoms with Gasteiger partial charge in [-0.25, -0.2) is 9.37 Å². The Hall–Kier alpha value is -1.98. The van der Waals surface area contributed by atoms with E-state index in [1.807, 2.05) is 0 Å². The van der Waals surface area contributed by atoms with Crippen LogP contribution in [0.5, 0.6) is 0 Å². The van der Waals surface area contributed by atoms with E-state index in [2.05, 4.69) is 9.72 Å². The average molecular weight is 254 g/mol. The Morgan fingerprint density at radius 2 is 2.17 bits per heavy atom. The standard InChI is InChI=1S/C12H15FN2O3/c1-15(7-3-4-11(16)18-2)12(17)10-6-5-9(13)8-14-10/h5-6,8H,3-4,7H2,1-2H3. The first-order chi connectivity index (χ1) is 8.54. The molecule has 0 bridgehead atoms. The number of halogens is 1. The fourth-order valence-electron chi connectivity index (χ4n) is 1.36. The van der Waals surface area contributed by atoms with Gasteiger partial charge in [-0.2, -0.15) is 0 Å². The summed E-state index contributed by atoms with van der Waals surface area (Å²) < 4.78 is 17.1. The van der Waals surface area contributed by atoms with E-state index in [1.54, 1.807) is 7.05 Å². The number of ether oxygens (including phenoxy) is 1. The van der Waals surface area contributed by atoms with E-state index in [-0.39, 0.29) is 24.0 Å². The molecule has 0 N–H and O–H groups in total. The van der Waals surface area contributed by atoms with Crippen LogP contribution in [0.15, 0.2) is 18.3 Å². The lowest BCUT2D eigenvalue weighted by Gasteiger charge is -2.16. The Labute approximate surface area is 105 Å². The summed E-state index contributed by atoms with van der Waals surface area (Å²) in [4.78, 5) is 27.9. The molecule has 0 saturated heterocycles. The van der Waals surface area contributed by atoms with Crippen LogP contribution < -0.4 is 0 Å². The second-order valence-electron chi connectivity index (χ2n) is 3.77. The quantitative estimate of drug-likeness (QED) is 0.742. The van der Waals surface area contributed by atoms with Crippen LogP contribution in [-0.4, -0.2) is 42.5 Å². The number of hydrogen-bond acceptors (Lipinski definition) is 4. The predicted octanol–water partition coefficient (Wildman–Crippen LogP) is 1.25.